The molecule has 0 aliphatic heterocycles. The Kier molecular flexibility index (Phi) is 4.21. The number of aryl methyl sites for hydroxylation is 3. The Morgan fingerprint density at radius 2 is 1.75 bits per heavy atom. The molecule has 0 fully saturated rings. The maximum atomic E-state index is 12.4. The van der Waals surface area contributed by atoms with Crippen LogP contribution in [0.3, 0.4) is 0 Å². The summed E-state index contributed by atoms with van der Waals surface area (Å²) in [5.74, 6) is 0.312. The molecule has 0 spiro atoms. The monoisotopic (exact) mass is 320 g/mol. The van der Waals surface area contributed by atoms with E-state index in [9.17, 15) is 4.79 Å². The van der Waals surface area contributed by atoms with Crippen LogP contribution in [0.4, 0.5) is 5.69 Å². The molecule has 1 amide bonds. The van der Waals surface area contributed by atoms with E-state index >= 15 is 0 Å². The molecule has 1 aromatic heterocycles. The predicted molar refractivity (Wildman–Crippen MR) is 95.3 cm³/mol. The van der Waals surface area contributed by atoms with Crippen molar-refractivity contribution in [1.29, 1.82) is 0 Å². The summed E-state index contributed by atoms with van der Waals surface area (Å²) in [6, 6.07) is 13.5. The first kappa shape index (κ1) is 16.0. The number of benzene rings is 2. The molecular formula is C20H20N2O2. The fourth-order valence-electron chi connectivity index (χ4n) is 2.49. The Hall–Kier alpha value is -2.88. The van der Waals surface area contributed by atoms with Crippen molar-refractivity contribution in [2.24, 2.45) is 0 Å². The van der Waals surface area contributed by atoms with Crippen molar-refractivity contribution in [3.8, 4) is 11.3 Å². The van der Waals surface area contributed by atoms with Gasteiger partial charge in [0.1, 0.15) is 0 Å². The highest BCUT2D eigenvalue weighted by Gasteiger charge is 2.15. The number of nitrogens with one attached hydrogen (secondary N) is 1. The molecular weight excluding hydrogens is 300 g/mol. The Morgan fingerprint density at radius 3 is 2.50 bits per heavy atom. The fraction of sp³-hybridized carbons (Fsp3) is 0.200. The van der Waals surface area contributed by atoms with E-state index in [0.717, 1.165) is 22.4 Å². The molecule has 0 saturated carbocycles. The molecule has 0 radical (unpaired) electrons. The fourth-order valence-corrected chi connectivity index (χ4v) is 2.49. The molecule has 2 aromatic carbocycles. The molecule has 24 heavy (non-hydrogen) atoms. The zero-order valence-corrected chi connectivity index (χ0v) is 14.3. The highest BCUT2D eigenvalue weighted by Crippen LogP contribution is 2.24. The SMILES string of the molecule is Cc1ccc(-c2cc(C(=O)Nc3cccc(C)c3C)no2)cc1C. The molecule has 0 atom stereocenters. The standard InChI is InChI=1S/C20H20N2O2/c1-12-8-9-16(10-14(12)3)19-11-18(22-24-19)20(23)21-17-7-5-6-13(2)15(17)4/h5-11H,1-4H3,(H,21,23). The van der Waals surface area contributed by atoms with Gasteiger partial charge in [0.15, 0.2) is 11.5 Å². The number of amides is 1. The molecule has 1 N–H and O–H groups in total. The van der Waals surface area contributed by atoms with E-state index in [4.69, 9.17) is 4.52 Å². The molecule has 1 heterocycles. The van der Waals surface area contributed by atoms with Crippen molar-refractivity contribution in [1.82, 2.24) is 5.16 Å². The molecule has 0 unspecified atom stereocenters. The second-order valence-electron chi connectivity index (χ2n) is 6.08. The van der Waals surface area contributed by atoms with E-state index in [1.54, 1.807) is 6.07 Å². The van der Waals surface area contributed by atoms with Crippen LogP contribution in [0.2, 0.25) is 0 Å². The minimum absolute atomic E-state index is 0.268. The van der Waals surface area contributed by atoms with Crippen molar-refractivity contribution in [3.05, 3.63) is 70.4 Å². The normalized spacial score (nSPS) is 10.7. The highest BCUT2D eigenvalue weighted by atomic mass is 16.5. The minimum Gasteiger partial charge on any atom is -0.355 e. The van der Waals surface area contributed by atoms with Gasteiger partial charge in [-0.05, 0) is 62.1 Å². The maximum Gasteiger partial charge on any atom is 0.277 e. The third-order valence-corrected chi connectivity index (χ3v) is 4.39. The van der Waals surface area contributed by atoms with Gasteiger partial charge in [-0.1, -0.05) is 29.4 Å². The lowest BCUT2D eigenvalue weighted by molar-refractivity contribution is 0.101. The third kappa shape index (κ3) is 3.08. The summed E-state index contributed by atoms with van der Waals surface area (Å²) in [6.45, 7) is 8.10. The molecule has 122 valence electrons. The summed E-state index contributed by atoms with van der Waals surface area (Å²) in [5, 5.41) is 6.80. The van der Waals surface area contributed by atoms with Gasteiger partial charge in [-0.3, -0.25) is 4.79 Å². The van der Waals surface area contributed by atoms with Crippen molar-refractivity contribution < 1.29 is 9.32 Å². The van der Waals surface area contributed by atoms with Crippen LogP contribution in [0.5, 0.6) is 0 Å². The number of aromatic nitrogens is 1. The average molecular weight is 320 g/mol. The Morgan fingerprint density at radius 1 is 0.958 bits per heavy atom. The Balaban J connectivity index is 1.83. The molecule has 0 saturated heterocycles. The number of nitrogens with zero attached hydrogens (tertiary/aromatic N) is 1. The summed E-state index contributed by atoms with van der Waals surface area (Å²) in [5.41, 5.74) is 6.53. The van der Waals surface area contributed by atoms with Crippen molar-refractivity contribution in [3.63, 3.8) is 0 Å². The number of hydrogen-bond acceptors (Lipinski definition) is 3. The molecule has 0 aliphatic carbocycles. The van der Waals surface area contributed by atoms with Crippen LogP contribution in [0.15, 0.2) is 47.0 Å². The van der Waals surface area contributed by atoms with Crippen molar-refractivity contribution in [2.75, 3.05) is 5.32 Å². The van der Waals surface area contributed by atoms with E-state index in [1.165, 1.54) is 11.1 Å². The summed E-state index contributed by atoms with van der Waals surface area (Å²) >= 11 is 0. The number of carbonyl (C=O) groups excluding carboxylic acids is 1. The number of hydrogen-bond donors (Lipinski definition) is 1. The molecule has 4 nitrogen and oxygen atoms in total. The van der Waals surface area contributed by atoms with Crippen LogP contribution in [0, 0.1) is 27.7 Å². The van der Waals surface area contributed by atoms with E-state index in [0.29, 0.717) is 5.76 Å². The highest BCUT2D eigenvalue weighted by molar-refractivity contribution is 6.03. The van der Waals surface area contributed by atoms with Crippen molar-refractivity contribution >= 4 is 11.6 Å². The van der Waals surface area contributed by atoms with Gasteiger partial charge in [-0.2, -0.15) is 0 Å². The summed E-state index contributed by atoms with van der Waals surface area (Å²) < 4.78 is 5.35. The van der Waals surface area contributed by atoms with Gasteiger partial charge in [-0.15, -0.1) is 0 Å². The van der Waals surface area contributed by atoms with E-state index in [-0.39, 0.29) is 11.6 Å². The molecule has 3 aromatic rings. The largest absolute Gasteiger partial charge is 0.355 e. The lowest BCUT2D eigenvalue weighted by atomic mass is 10.0. The van der Waals surface area contributed by atoms with Crippen LogP contribution in [0.1, 0.15) is 32.7 Å². The Labute approximate surface area is 141 Å². The predicted octanol–water partition coefficient (Wildman–Crippen LogP) is 4.83. The van der Waals surface area contributed by atoms with Gasteiger partial charge in [0.2, 0.25) is 0 Å². The van der Waals surface area contributed by atoms with Gasteiger partial charge < -0.3 is 9.84 Å². The molecule has 3 rings (SSSR count). The van der Waals surface area contributed by atoms with Gasteiger partial charge in [0.25, 0.3) is 5.91 Å². The first-order valence-corrected chi connectivity index (χ1v) is 7.87. The molecule has 0 bridgehead atoms. The van der Waals surface area contributed by atoms with Crippen LogP contribution in [0.25, 0.3) is 11.3 Å². The van der Waals surface area contributed by atoms with Crippen LogP contribution >= 0.6 is 0 Å². The second kappa shape index (κ2) is 6.32. The first-order chi connectivity index (χ1) is 11.5. The summed E-state index contributed by atoms with van der Waals surface area (Å²) in [4.78, 5) is 12.4. The van der Waals surface area contributed by atoms with Gasteiger partial charge in [0, 0.05) is 17.3 Å². The smallest absolute Gasteiger partial charge is 0.277 e. The summed E-state index contributed by atoms with van der Waals surface area (Å²) in [7, 11) is 0. The van der Waals surface area contributed by atoms with E-state index < -0.39 is 0 Å². The van der Waals surface area contributed by atoms with Crippen LogP contribution in [-0.2, 0) is 0 Å². The van der Waals surface area contributed by atoms with Crippen LogP contribution < -0.4 is 5.32 Å². The first-order valence-electron chi connectivity index (χ1n) is 7.87. The third-order valence-electron chi connectivity index (χ3n) is 4.39. The van der Waals surface area contributed by atoms with Crippen molar-refractivity contribution in [2.45, 2.75) is 27.7 Å². The molecule has 4 heteroatoms. The maximum absolute atomic E-state index is 12.4. The number of rotatable bonds is 3. The minimum atomic E-state index is -0.275. The van der Waals surface area contributed by atoms with E-state index in [1.807, 2.05) is 57.2 Å². The van der Waals surface area contributed by atoms with Crippen LogP contribution in [-0.4, -0.2) is 11.1 Å². The second-order valence-corrected chi connectivity index (χ2v) is 6.08. The zero-order valence-electron chi connectivity index (χ0n) is 14.3. The van der Waals surface area contributed by atoms with E-state index in [2.05, 4.69) is 17.4 Å². The van der Waals surface area contributed by atoms with Gasteiger partial charge >= 0.3 is 0 Å². The van der Waals surface area contributed by atoms with Gasteiger partial charge in [0.05, 0.1) is 0 Å². The lowest BCUT2D eigenvalue weighted by Gasteiger charge is -2.08. The topological polar surface area (TPSA) is 55.1 Å². The number of anilines is 1. The quantitative estimate of drug-likeness (QED) is 0.752. The van der Waals surface area contributed by atoms with Gasteiger partial charge in [-0.25, -0.2) is 0 Å². The Bertz CT molecular complexity index is 910. The molecule has 0 aliphatic rings. The lowest BCUT2D eigenvalue weighted by Crippen LogP contribution is -2.13. The summed E-state index contributed by atoms with van der Waals surface area (Å²) in [6.07, 6.45) is 0. The zero-order chi connectivity index (χ0) is 17.3. The number of carbonyl (C=O) groups is 1. The average Bonchev–Trinajstić information content (AvgIpc) is 3.04.